The van der Waals surface area contributed by atoms with Gasteiger partial charge in [0.15, 0.2) is 0 Å². The van der Waals surface area contributed by atoms with Crippen LogP contribution in [0.3, 0.4) is 0 Å². The summed E-state index contributed by atoms with van der Waals surface area (Å²) in [5, 5.41) is 6.25. The van der Waals surface area contributed by atoms with E-state index in [0.29, 0.717) is 23.7 Å². The number of amides is 2. The summed E-state index contributed by atoms with van der Waals surface area (Å²) >= 11 is 0. The van der Waals surface area contributed by atoms with Crippen molar-refractivity contribution in [2.24, 2.45) is 35.5 Å². The normalized spacial score (nSPS) is 36.2. The van der Waals surface area contributed by atoms with E-state index >= 15 is 0 Å². The van der Waals surface area contributed by atoms with Crippen molar-refractivity contribution in [1.82, 2.24) is 0 Å². The number of aryl methyl sites for hydroxylation is 1. The minimum Gasteiger partial charge on any atom is -0.326 e. The molecule has 0 aromatic heterocycles. The summed E-state index contributed by atoms with van der Waals surface area (Å²) in [6.07, 6.45) is 9.93. The van der Waals surface area contributed by atoms with E-state index in [2.05, 4.69) is 10.6 Å². The number of carbonyl (C=O) groups excluding carboxylic acids is 2. The van der Waals surface area contributed by atoms with Crippen LogP contribution in [0.5, 0.6) is 0 Å². The molecule has 5 rings (SSSR count). The quantitative estimate of drug-likeness (QED) is 0.808. The highest BCUT2D eigenvalue weighted by Crippen LogP contribution is 2.56. The number of benzene rings is 1. The molecule has 4 nitrogen and oxygen atoms in total. The first kappa shape index (κ1) is 17.3. The number of hydrogen-bond acceptors (Lipinski definition) is 2. The molecular weight excluding hydrogens is 336 g/mol. The number of nitrogens with one attached hydrogen (secondary N) is 2. The standard InChI is InChI=1S/C23H30N2O2/c1-13-10-11-14(24-22(26)20-15-6-2-3-7-16(15)20)12-19(13)25-23(27)21-17-8-4-5-9-18(17)21/h10-12,15-18,20-21H,2-9H2,1H3,(H,24,26)(H,25,27)/t15-,16-,17+,18+/m0/s1. The molecule has 27 heavy (non-hydrogen) atoms. The van der Waals surface area contributed by atoms with E-state index in [1.165, 1.54) is 51.4 Å². The fourth-order valence-corrected chi connectivity index (χ4v) is 6.04. The number of fused-ring (bicyclic) bond motifs is 2. The molecule has 4 saturated carbocycles. The third-order valence-electron chi connectivity index (χ3n) is 7.68. The fraction of sp³-hybridized carbons (Fsp3) is 0.652. The molecule has 4 fully saturated rings. The molecule has 4 aliphatic rings. The van der Waals surface area contributed by atoms with Gasteiger partial charge in [-0.25, -0.2) is 0 Å². The lowest BCUT2D eigenvalue weighted by molar-refractivity contribution is -0.118. The maximum atomic E-state index is 12.7. The Kier molecular flexibility index (Phi) is 4.25. The van der Waals surface area contributed by atoms with Gasteiger partial charge in [-0.15, -0.1) is 0 Å². The molecule has 0 radical (unpaired) electrons. The number of anilines is 2. The zero-order valence-electron chi connectivity index (χ0n) is 16.2. The second-order valence-corrected chi connectivity index (χ2v) is 9.28. The molecule has 0 bridgehead atoms. The molecule has 0 unspecified atom stereocenters. The molecule has 4 aliphatic carbocycles. The Labute approximate surface area is 161 Å². The van der Waals surface area contributed by atoms with Crippen LogP contribution in [0.15, 0.2) is 18.2 Å². The van der Waals surface area contributed by atoms with Crippen molar-refractivity contribution in [1.29, 1.82) is 0 Å². The molecule has 1 aromatic rings. The SMILES string of the molecule is Cc1ccc(NC(=O)C2[C@H]3CCCC[C@H]23)cc1NC(=O)C1[C@@H]2CCCC[C@@H]12. The van der Waals surface area contributed by atoms with E-state index in [1.807, 2.05) is 25.1 Å². The van der Waals surface area contributed by atoms with Gasteiger partial charge in [-0.05, 0) is 74.0 Å². The molecular formula is C23H30N2O2. The predicted octanol–water partition coefficient (Wildman–Crippen LogP) is 4.74. The molecule has 0 saturated heterocycles. The van der Waals surface area contributed by atoms with E-state index in [0.717, 1.165) is 16.9 Å². The molecule has 2 amide bonds. The number of rotatable bonds is 4. The van der Waals surface area contributed by atoms with Gasteiger partial charge in [-0.3, -0.25) is 9.59 Å². The van der Waals surface area contributed by atoms with Crippen molar-refractivity contribution in [2.45, 2.75) is 58.3 Å². The van der Waals surface area contributed by atoms with Crippen LogP contribution in [0.1, 0.15) is 56.9 Å². The highest BCUT2D eigenvalue weighted by molar-refractivity contribution is 5.98. The van der Waals surface area contributed by atoms with Gasteiger partial charge in [0.2, 0.25) is 11.8 Å². The molecule has 2 N–H and O–H groups in total. The van der Waals surface area contributed by atoms with Crippen LogP contribution in [-0.2, 0) is 9.59 Å². The summed E-state index contributed by atoms with van der Waals surface area (Å²) in [4.78, 5) is 25.4. The Hall–Kier alpha value is -1.84. The Morgan fingerprint density at radius 1 is 0.778 bits per heavy atom. The van der Waals surface area contributed by atoms with Gasteiger partial charge < -0.3 is 10.6 Å². The highest BCUT2D eigenvalue weighted by Gasteiger charge is 2.55. The third kappa shape index (κ3) is 3.17. The van der Waals surface area contributed by atoms with Gasteiger partial charge >= 0.3 is 0 Å². The van der Waals surface area contributed by atoms with E-state index in [4.69, 9.17) is 0 Å². The van der Waals surface area contributed by atoms with Crippen LogP contribution in [-0.4, -0.2) is 11.8 Å². The summed E-state index contributed by atoms with van der Waals surface area (Å²) in [6.45, 7) is 2.01. The Morgan fingerprint density at radius 3 is 1.78 bits per heavy atom. The van der Waals surface area contributed by atoms with Crippen LogP contribution in [0.25, 0.3) is 0 Å². The van der Waals surface area contributed by atoms with Crippen molar-refractivity contribution in [3.05, 3.63) is 23.8 Å². The average molecular weight is 367 g/mol. The predicted molar refractivity (Wildman–Crippen MR) is 106 cm³/mol. The van der Waals surface area contributed by atoms with Crippen molar-refractivity contribution in [3.63, 3.8) is 0 Å². The third-order valence-corrected chi connectivity index (χ3v) is 7.68. The fourth-order valence-electron chi connectivity index (χ4n) is 6.04. The summed E-state index contributed by atoms with van der Waals surface area (Å²) in [5.74, 6) is 3.21. The molecule has 144 valence electrons. The van der Waals surface area contributed by atoms with E-state index < -0.39 is 0 Å². The van der Waals surface area contributed by atoms with Gasteiger partial charge in [0, 0.05) is 23.2 Å². The van der Waals surface area contributed by atoms with E-state index in [1.54, 1.807) is 0 Å². The van der Waals surface area contributed by atoms with Crippen LogP contribution < -0.4 is 10.6 Å². The minimum absolute atomic E-state index is 0.168. The average Bonchev–Trinajstić information content (AvgIpc) is 3.56. The minimum atomic E-state index is 0.168. The monoisotopic (exact) mass is 366 g/mol. The number of hydrogen-bond donors (Lipinski definition) is 2. The van der Waals surface area contributed by atoms with Crippen LogP contribution in [0, 0.1) is 42.4 Å². The lowest BCUT2D eigenvalue weighted by atomic mass is 10.0. The first-order valence-corrected chi connectivity index (χ1v) is 10.9. The van der Waals surface area contributed by atoms with Gasteiger partial charge in [-0.2, -0.15) is 0 Å². The van der Waals surface area contributed by atoms with Gasteiger partial charge in [0.25, 0.3) is 0 Å². The van der Waals surface area contributed by atoms with Gasteiger partial charge in [0.1, 0.15) is 0 Å². The molecule has 4 heteroatoms. The van der Waals surface area contributed by atoms with E-state index in [-0.39, 0.29) is 23.7 Å². The molecule has 0 spiro atoms. The lowest BCUT2D eigenvalue weighted by Crippen LogP contribution is -2.18. The summed E-state index contributed by atoms with van der Waals surface area (Å²) in [7, 11) is 0. The maximum absolute atomic E-state index is 12.7. The lowest BCUT2D eigenvalue weighted by Gasteiger charge is -2.12. The van der Waals surface area contributed by atoms with Gasteiger partial charge in [0.05, 0.1) is 0 Å². The maximum Gasteiger partial charge on any atom is 0.228 e. The van der Waals surface area contributed by atoms with Crippen molar-refractivity contribution >= 4 is 23.2 Å². The summed E-state index contributed by atoms with van der Waals surface area (Å²) in [5.41, 5.74) is 2.69. The summed E-state index contributed by atoms with van der Waals surface area (Å²) in [6, 6.07) is 5.88. The van der Waals surface area contributed by atoms with Crippen LogP contribution >= 0.6 is 0 Å². The summed E-state index contributed by atoms with van der Waals surface area (Å²) < 4.78 is 0. The van der Waals surface area contributed by atoms with Gasteiger partial charge in [-0.1, -0.05) is 31.7 Å². The zero-order chi connectivity index (χ0) is 18.5. The second kappa shape index (κ2) is 6.65. The van der Waals surface area contributed by atoms with E-state index in [9.17, 15) is 9.59 Å². The topological polar surface area (TPSA) is 58.2 Å². The molecule has 0 heterocycles. The molecule has 0 aliphatic heterocycles. The Balaban J connectivity index is 1.23. The van der Waals surface area contributed by atoms with Crippen LogP contribution in [0.2, 0.25) is 0 Å². The Bertz CT molecular complexity index is 750. The first-order valence-electron chi connectivity index (χ1n) is 10.9. The van der Waals surface area contributed by atoms with Crippen LogP contribution in [0.4, 0.5) is 11.4 Å². The van der Waals surface area contributed by atoms with Crippen molar-refractivity contribution < 1.29 is 9.59 Å². The smallest absolute Gasteiger partial charge is 0.228 e. The number of carbonyl (C=O) groups is 2. The molecule has 1 aromatic carbocycles. The zero-order valence-corrected chi connectivity index (χ0v) is 16.2. The largest absolute Gasteiger partial charge is 0.326 e. The second-order valence-electron chi connectivity index (χ2n) is 9.28. The highest BCUT2D eigenvalue weighted by atomic mass is 16.2. The van der Waals surface area contributed by atoms with Crippen molar-refractivity contribution in [2.75, 3.05) is 10.6 Å². The molecule has 4 atom stereocenters. The first-order chi connectivity index (χ1) is 13.1. The Morgan fingerprint density at radius 2 is 1.26 bits per heavy atom. The van der Waals surface area contributed by atoms with Crippen molar-refractivity contribution in [3.8, 4) is 0 Å².